The first-order chi connectivity index (χ1) is 4.74. The lowest BCUT2D eigenvalue weighted by Gasteiger charge is -2.00. The van der Waals surface area contributed by atoms with E-state index in [1.807, 2.05) is 0 Å². The highest BCUT2D eigenvalue weighted by molar-refractivity contribution is 5.39. The number of aromatic nitrogens is 2. The number of hydrogen-bond acceptors (Lipinski definition) is 4. The van der Waals surface area contributed by atoms with E-state index >= 15 is 0 Å². The van der Waals surface area contributed by atoms with Crippen LogP contribution in [0.1, 0.15) is 11.5 Å². The second-order valence-electron chi connectivity index (χ2n) is 2.02. The molecular weight excluding hydrogens is 128 g/mol. The van der Waals surface area contributed by atoms with E-state index in [2.05, 4.69) is 9.97 Å². The smallest absolute Gasteiger partial charge is 0.125 e. The Morgan fingerprint density at radius 1 is 1.60 bits per heavy atom. The lowest BCUT2D eigenvalue weighted by Crippen LogP contribution is -2.06. The largest absolute Gasteiger partial charge is 0.396 e. The molecule has 0 fully saturated rings. The number of nitrogens with zero attached hydrogens (tertiary/aromatic N) is 2. The average molecular weight is 138 g/mol. The van der Waals surface area contributed by atoms with E-state index in [1.165, 1.54) is 0 Å². The monoisotopic (exact) mass is 138 g/mol. The van der Waals surface area contributed by atoms with Gasteiger partial charge >= 0.3 is 0 Å². The van der Waals surface area contributed by atoms with Crippen molar-refractivity contribution in [1.82, 2.24) is 9.97 Å². The molecule has 54 valence electrons. The average Bonchev–Trinajstić information content (AvgIpc) is 1.94. The number of aryl methyl sites for hydroxylation is 1. The molecule has 0 amide bonds. The summed E-state index contributed by atoms with van der Waals surface area (Å²) in [5, 5.41) is 0. The van der Waals surface area contributed by atoms with Crippen molar-refractivity contribution in [3.05, 3.63) is 17.7 Å². The maximum absolute atomic E-state index is 5.49. The molecule has 0 bridgehead atoms. The molecule has 0 aliphatic carbocycles. The summed E-state index contributed by atoms with van der Waals surface area (Å²) < 4.78 is 0. The lowest BCUT2D eigenvalue weighted by molar-refractivity contribution is 0.932. The first-order valence-corrected chi connectivity index (χ1v) is 3.02. The van der Waals surface area contributed by atoms with Gasteiger partial charge in [0.25, 0.3) is 0 Å². The Hall–Kier alpha value is -1.16. The van der Waals surface area contributed by atoms with Crippen LogP contribution in [0.15, 0.2) is 6.20 Å². The third kappa shape index (κ3) is 1.22. The normalized spacial score (nSPS) is 9.80. The zero-order chi connectivity index (χ0) is 7.56. The van der Waals surface area contributed by atoms with E-state index in [4.69, 9.17) is 11.5 Å². The summed E-state index contributed by atoms with van der Waals surface area (Å²) in [5.74, 6) is 0.703. The van der Waals surface area contributed by atoms with E-state index in [9.17, 15) is 0 Å². The van der Waals surface area contributed by atoms with Gasteiger partial charge in [-0.05, 0) is 6.92 Å². The minimum atomic E-state index is 0.370. The van der Waals surface area contributed by atoms with Gasteiger partial charge < -0.3 is 11.5 Å². The van der Waals surface area contributed by atoms with Gasteiger partial charge in [0.2, 0.25) is 0 Å². The number of nitrogens with two attached hydrogens (primary N) is 2. The third-order valence-electron chi connectivity index (χ3n) is 1.21. The van der Waals surface area contributed by atoms with Crippen LogP contribution in [0.3, 0.4) is 0 Å². The topological polar surface area (TPSA) is 77.8 Å². The van der Waals surface area contributed by atoms with Gasteiger partial charge in [0.1, 0.15) is 5.82 Å². The molecule has 0 spiro atoms. The van der Waals surface area contributed by atoms with Crippen LogP contribution in [0.25, 0.3) is 0 Å². The van der Waals surface area contributed by atoms with Crippen LogP contribution in [-0.2, 0) is 6.54 Å². The SMILES string of the molecule is Cc1ncc(N)c(CN)n1. The molecule has 0 saturated carbocycles. The zero-order valence-electron chi connectivity index (χ0n) is 5.83. The fourth-order valence-electron chi connectivity index (χ4n) is 0.690. The molecule has 10 heavy (non-hydrogen) atoms. The number of anilines is 1. The molecule has 0 aliphatic heterocycles. The predicted octanol–water partition coefficient (Wildman–Crippen LogP) is -0.174. The van der Waals surface area contributed by atoms with Crippen LogP contribution < -0.4 is 11.5 Å². The van der Waals surface area contributed by atoms with Crippen LogP contribution in [0.2, 0.25) is 0 Å². The summed E-state index contributed by atoms with van der Waals surface area (Å²) >= 11 is 0. The summed E-state index contributed by atoms with van der Waals surface area (Å²) in [7, 11) is 0. The van der Waals surface area contributed by atoms with Gasteiger partial charge in [-0.25, -0.2) is 9.97 Å². The summed E-state index contributed by atoms with van der Waals surface area (Å²) in [5.41, 5.74) is 12.1. The van der Waals surface area contributed by atoms with Crippen molar-refractivity contribution in [3.8, 4) is 0 Å². The van der Waals surface area contributed by atoms with Crippen molar-refractivity contribution in [2.24, 2.45) is 5.73 Å². The van der Waals surface area contributed by atoms with Crippen molar-refractivity contribution in [2.75, 3.05) is 5.73 Å². The van der Waals surface area contributed by atoms with Gasteiger partial charge in [-0.3, -0.25) is 0 Å². The zero-order valence-corrected chi connectivity index (χ0v) is 5.83. The van der Waals surface area contributed by atoms with Crippen LogP contribution in [0.5, 0.6) is 0 Å². The molecule has 0 unspecified atom stereocenters. The molecule has 1 rings (SSSR count). The summed E-state index contributed by atoms with van der Waals surface area (Å²) in [6.07, 6.45) is 1.57. The molecule has 4 N–H and O–H groups in total. The fraction of sp³-hybridized carbons (Fsp3) is 0.333. The maximum atomic E-state index is 5.49. The Kier molecular flexibility index (Phi) is 1.82. The fourth-order valence-corrected chi connectivity index (χ4v) is 0.690. The van der Waals surface area contributed by atoms with Crippen molar-refractivity contribution in [2.45, 2.75) is 13.5 Å². The molecule has 0 aromatic carbocycles. The highest BCUT2D eigenvalue weighted by atomic mass is 14.9. The Balaban J connectivity index is 3.09. The third-order valence-corrected chi connectivity index (χ3v) is 1.21. The van der Waals surface area contributed by atoms with E-state index in [-0.39, 0.29) is 0 Å². The quantitative estimate of drug-likeness (QED) is 0.564. The number of rotatable bonds is 1. The maximum Gasteiger partial charge on any atom is 0.125 e. The highest BCUT2D eigenvalue weighted by Gasteiger charge is 1.97. The lowest BCUT2D eigenvalue weighted by atomic mass is 10.3. The summed E-state index contributed by atoms with van der Waals surface area (Å²) in [6.45, 7) is 2.17. The Bertz CT molecular complexity index is 233. The molecule has 4 heteroatoms. The van der Waals surface area contributed by atoms with Gasteiger partial charge in [-0.15, -0.1) is 0 Å². The Morgan fingerprint density at radius 3 is 2.80 bits per heavy atom. The second-order valence-corrected chi connectivity index (χ2v) is 2.02. The van der Waals surface area contributed by atoms with Crippen LogP contribution in [-0.4, -0.2) is 9.97 Å². The molecule has 1 aromatic rings. The first-order valence-electron chi connectivity index (χ1n) is 3.02. The van der Waals surface area contributed by atoms with Gasteiger partial charge in [0.15, 0.2) is 0 Å². The van der Waals surface area contributed by atoms with Crippen molar-refractivity contribution in [1.29, 1.82) is 0 Å². The number of nitrogen functional groups attached to an aromatic ring is 1. The minimum Gasteiger partial charge on any atom is -0.396 e. The standard InChI is InChI=1S/C6H10N4/c1-4-9-3-5(8)6(2-7)10-4/h3H,2,7-8H2,1H3. The van der Waals surface area contributed by atoms with Crippen LogP contribution in [0, 0.1) is 6.92 Å². The van der Waals surface area contributed by atoms with Gasteiger partial charge in [0.05, 0.1) is 17.6 Å². The summed E-state index contributed by atoms with van der Waals surface area (Å²) in [4.78, 5) is 7.93. The van der Waals surface area contributed by atoms with Crippen molar-refractivity contribution in [3.63, 3.8) is 0 Å². The Labute approximate surface area is 59.3 Å². The van der Waals surface area contributed by atoms with Gasteiger partial charge in [0, 0.05) is 6.54 Å². The Morgan fingerprint density at radius 2 is 2.30 bits per heavy atom. The minimum absolute atomic E-state index is 0.370. The molecule has 0 radical (unpaired) electrons. The molecule has 1 aromatic heterocycles. The molecular formula is C6H10N4. The predicted molar refractivity (Wildman–Crippen MR) is 39.1 cm³/mol. The molecule has 0 aliphatic rings. The van der Waals surface area contributed by atoms with Gasteiger partial charge in [-0.1, -0.05) is 0 Å². The highest BCUT2D eigenvalue weighted by Crippen LogP contribution is 2.04. The van der Waals surface area contributed by atoms with Crippen molar-refractivity contribution < 1.29 is 0 Å². The van der Waals surface area contributed by atoms with Gasteiger partial charge in [-0.2, -0.15) is 0 Å². The molecule has 4 nitrogen and oxygen atoms in total. The molecule has 0 saturated heterocycles. The van der Waals surface area contributed by atoms with Crippen LogP contribution >= 0.6 is 0 Å². The molecule has 0 atom stereocenters. The second kappa shape index (κ2) is 2.62. The number of hydrogen-bond donors (Lipinski definition) is 2. The molecule has 1 heterocycles. The summed E-state index contributed by atoms with van der Waals surface area (Å²) in [6, 6.07) is 0. The first kappa shape index (κ1) is 6.95. The van der Waals surface area contributed by atoms with Crippen LogP contribution in [0.4, 0.5) is 5.69 Å². The van der Waals surface area contributed by atoms with E-state index in [0.717, 1.165) is 0 Å². The van der Waals surface area contributed by atoms with E-state index < -0.39 is 0 Å². The van der Waals surface area contributed by atoms with E-state index in [1.54, 1.807) is 13.1 Å². The van der Waals surface area contributed by atoms with E-state index in [0.29, 0.717) is 23.8 Å². The van der Waals surface area contributed by atoms with Crippen molar-refractivity contribution >= 4 is 5.69 Å².